The van der Waals surface area contributed by atoms with Crippen molar-refractivity contribution in [3.05, 3.63) is 59.4 Å². The van der Waals surface area contributed by atoms with Gasteiger partial charge in [0.1, 0.15) is 11.8 Å². The molecule has 0 radical (unpaired) electrons. The molecule has 2 aromatic rings. The molecule has 24 heavy (non-hydrogen) atoms. The van der Waals surface area contributed by atoms with Gasteiger partial charge < -0.3 is 14.6 Å². The third-order valence-electron chi connectivity index (χ3n) is 4.67. The maximum Gasteiger partial charge on any atom is 0.270 e. The average Bonchev–Trinajstić information content (AvgIpc) is 3.21. The van der Waals surface area contributed by atoms with Crippen LogP contribution in [0.4, 0.5) is 0 Å². The summed E-state index contributed by atoms with van der Waals surface area (Å²) in [6, 6.07) is 13.3. The summed E-state index contributed by atoms with van der Waals surface area (Å²) in [6.07, 6.45) is 3.45. The molecule has 2 atom stereocenters. The Balaban J connectivity index is 1.74. The van der Waals surface area contributed by atoms with Gasteiger partial charge in [0, 0.05) is 25.8 Å². The summed E-state index contributed by atoms with van der Waals surface area (Å²) in [5.41, 5.74) is 1.89. The second kappa shape index (κ2) is 6.90. The predicted molar refractivity (Wildman–Crippen MR) is 90.2 cm³/mol. The zero-order chi connectivity index (χ0) is 17.1. The van der Waals surface area contributed by atoms with Crippen LogP contribution in [0.5, 0.6) is 0 Å². The topological polar surface area (TPSA) is 69.3 Å². The Labute approximate surface area is 141 Å². The fourth-order valence-corrected chi connectivity index (χ4v) is 3.40. The monoisotopic (exact) mass is 323 g/mol. The van der Waals surface area contributed by atoms with Gasteiger partial charge in [-0.2, -0.15) is 5.26 Å². The van der Waals surface area contributed by atoms with Crippen LogP contribution >= 0.6 is 0 Å². The maximum absolute atomic E-state index is 12.8. The van der Waals surface area contributed by atoms with Crippen molar-refractivity contribution >= 4 is 5.91 Å². The minimum atomic E-state index is -0.576. The standard InChI is InChI=1S/C19H21N3O2/c1-21-13-14(12-20)10-17(21)19(24)22-9-5-8-16(22)11-18(23)15-6-3-2-4-7-15/h2-4,6-7,10,13,16,18,23H,5,8-9,11H2,1H3. The van der Waals surface area contributed by atoms with Gasteiger partial charge >= 0.3 is 0 Å². The van der Waals surface area contributed by atoms with Crippen molar-refractivity contribution in [2.75, 3.05) is 6.54 Å². The first-order valence-electron chi connectivity index (χ1n) is 8.20. The van der Waals surface area contributed by atoms with Gasteiger partial charge in [0.25, 0.3) is 5.91 Å². The quantitative estimate of drug-likeness (QED) is 0.940. The van der Waals surface area contributed by atoms with E-state index in [9.17, 15) is 9.90 Å². The highest BCUT2D eigenvalue weighted by molar-refractivity contribution is 5.93. The first-order chi connectivity index (χ1) is 11.6. The van der Waals surface area contributed by atoms with Crippen LogP contribution in [0.3, 0.4) is 0 Å². The number of aryl methyl sites for hydroxylation is 1. The second-order valence-electron chi connectivity index (χ2n) is 6.29. The molecule has 1 aromatic heterocycles. The third-order valence-corrected chi connectivity index (χ3v) is 4.67. The van der Waals surface area contributed by atoms with E-state index >= 15 is 0 Å². The van der Waals surface area contributed by atoms with Crippen molar-refractivity contribution in [3.8, 4) is 6.07 Å². The molecule has 2 heterocycles. The Bertz CT molecular complexity index is 761. The Morgan fingerprint density at radius 1 is 1.42 bits per heavy atom. The number of aliphatic hydroxyl groups is 1. The van der Waals surface area contributed by atoms with Crippen LogP contribution in [0.15, 0.2) is 42.6 Å². The molecule has 0 aliphatic carbocycles. The average molecular weight is 323 g/mol. The van der Waals surface area contributed by atoms with Crippen molar-refractivity contribution in [1.82, 2.24) is 9.47 Å². The molecule has 0 saturated carbocycles. The Kier molecular flexibility index (Phi) is 4.68. The molecule has 3 rings (SSSR count). The second-order valence-corrected chi connectivity index (χ2v) is 6.29. The number of hydrogen-bond donors (Lipinski definition) is 1. The molecule has 5 heteroatoms. The van der Waals surface area contributed by atoms with Crippen LogP contribution in [-0.4, -0.2) is 33.1 Å². The summed E-state index contributed by atoms with van der Waals surface area (Å²) < 4.78 is 1.70. The van der Waals surface area contributed by atoms with E-state index in [1.165, 1.54) is 0 Å². The van der Waals surface area contributed by atoms with Crippen LogP contribution in [0.25, 0.3) is 0 Å². The number of carbonyl (C=O) groups excluding carboxylic acids is 1. The van der Waals surface area contributed by atoms with E-state index in [0.717, 1.165) is 18.4 Å². The zero-order valence-corrected chi connectivity index (χ0v) is 13.7. The molecule has 2 unspecified atom stereocenters. The number of nitrogens with zero attached hydrogens (tertiary/aromatic N) is 3. The molecule has 0 spiro atoms. The molecule has 0 bridgehead atoms. The van der Waals surface area contributed by atoms with Crippen LogP contribution < -0.4 is 0 Å². The molecular formula is C19H21N3O2. The van der Waals surface area contributed by atoms with Crippen LogP contribution in [0.2, 0.25) is 0 Å². The SMILES string of the molecule is Cn1cc(C#N)cc1C(=O)N1CCCC1CC(O)c1ccccc1. The largest absolute Gasteiger partial charge is 0.388 e. The highest BCUT2D eigenvalue weighted by Crippen LogP contribution is 2.28. The van der Waals surface area contributed by atoms with E-state index in [1.807, 2.05) is 35.2 Å². The predicted octanol–water partition coefficient (Wildman–Crippen LogP) is 2.63. The van der Waals surface area contributed by atoms with Gasteiger partial charge in [-0.3, -0.25) is 4.79 Å². The van der Waals surface area contributed by atoms with E-state index in [0.29, 0.717) is 24.2 Å². The number of amides is 1. The van der Waals surface area contributed by atoms with E-state index in [1.54, 1.807) is 23.9 Å². The lowest BCUT2D eigenvalue weighted by molar-refractivity contribution is 0.0658. The van der Waals surface area contributed by atoms with Crippen molar-refractivity contribution in [1.29, 1.82) is 5.26 Å². The molecule has 1 aromatic carbocycles. The highest BCUT2D eigenvalue weighted by Gasteiger charge is 2.32. The number of benzene rings is 1. The molecule has 1 aliphatic rings. The maximum atomic E-state index is 12.8. The highest BCUT2D eigenvalue weighted by atomic mass is 16.3. The van der Waals surface area contributed by atoms with Gasteiger partial charge in [-0.15, -0.1) is 0 Å². The number of rotatable bonds is 4. The number of nitriles is 1. The van der Waals surface area contributed by atoms with Gasteiger partial charge in [0.05, 0.1) is 11.7 Å². The number of aromatic nitrogens is 1. The molecule has 1 amide bonds. The van der Waals surface area contributed by atoms with Crippen molar-refractivity contribution in [3.63, 3.8) is 0 Å². The van der Waals surface area contributed by atoms with Crippen molar-refractivity contribution < 1.29 is 9.90 Å². The fraction of sp³-hybridized carbons (Fsp3) is 0.368. The van der Waals surface area contributed by atoms with Gasteiger partial charge in [0.2, 0.25) is 0 Å². The number of carbonyl (C=O) groups is 1. The van der Waals surface area contributed by atoms with Crippen LogP contribution in [0, 0.1) is 11.3 Å². The summed E-state index contributed by atoms with van der Waals surface area (Å²) in [7, 11) is 1.78. The number of hydrogen-bond acceptors (Lipinski definition) is 3. The van der Waals surface area contributed by atoms with Gasteiger partial charge in [-0.05, 0) is 30.9 Å². The zero-order valence-electron chi connectivity index (χ0n) is 13.7. The molecule has 1 N–H and O–H groups in total. The minimum Gasteiger partial charge on any atom is -0.388 e. The van der Waals surface area contributed by atoms with Gasteiger partial charge in [0.15, 0.2) is 0 Å². The van der Waals surface area contributed by atoms with E-state index < -0.39 is 6.10 Å². The first-order valence-corrected chi connectivity index (χ1v) is 8.20. The van der Waals surface area contributed by atoms with Crippen molar-refractivity contribution in [2.24, 2.45) is 7.05 Å². The summed E-state index contributed by atoms with van der Waals surface area (Å²) in [6.45, 7) is 0.693. The molecule has 1 aliphatic heterocycles. The molecular weight excluding hydrogens is 302 g/mol. The number of aliphatic hydroxyl groups excluding tert-OH is 1. The third kappa shape index (κ3) is 3.19. The first kappa shape index (κ1) is 16.3. The Morgan fingerprint density at radius 3 is 2.83 bits per heavy atom. The Hall–Kier alpha value is -2.58. The number of likely N-dealkylation sites (tertiary alicyclic amines) is 1. The van der Waals surface area contributed by atoms with Crippen molar-refractivity contribution in [2.45, 2.75) is 31.4 Å². The lowest BCUT2D eigenvalue weighted by Gasteiger charge is -2.27. The Morgan fingerprint density at radius 2 is 2.17 bits per heavy atom. The normalized spacial score (nSPS) is 18.4. The summed E-state index contributed by atoms with van der Waals surface area (Å²) >= 11 is 0. The summed E-state index contributed by atoms with van der Waals surface area (Å²) in [4.78, 5) is 14.7. The van der Waals surface area contributed by atoms with E-state index in [2.05, 4.69) is 6.07 Å². The minimum absolute atomic E-state index is 0.0214. The van der Waals surface area contributed by atoms with Gasteiger partial charge in [-0.1, -0.05) is 30.3 Å². The summed E-state index contributed by atoms with van der Waals surface area (Å²) in [5, 5.41) is 19.5. The molecule has 1 saturated heterocycles. The van der Waals surface area contributed by atoms with E-state index in [-0.39, 0.29) is 11.9 Å². The summed E-state index contributed by atoms with van der Waals surface area (Å²) in [5.74, 6) is -0.0678. The van der Waals surface area contributed by atoms with Crippen LogP contribution in [-0.2, 0) is 7.05 Å². The van der Waals surface area contributed by atoms with E-state index in [4.69, 9.17) is 5.26 Å². The fourth-order valence-electron chi connectivity index (χ4n) is 3.40. The van der Waals surface area contributed by atoms with Crippen LogP contribution in [0.1, 0.15) is 47.0 Å². The molecule has 124 valence electrons. The molecule has 5 nitrogen and oxygen atoms in total. The van der Waals surface area contributed by atoms with Gasteiger partial charge in [-0.25, -0.2) is 0 Å². The lowest BCUT2D eigenvalue weighted by Crippen LogP contribution is -2.37. The smallest absolute Gasteiger partial charge is 0.270 e. The lowest BCUT2D eigenvalue weighted by atomic mass is 10.0. The molecule has 1 fully saturated rings.